The van der Waals surface area contributed by atoms with E-state index >= 15 is 0 Å². The first-order valence-corrected chi connectivity index (χ1v) is 18.4. The maximum atomic E-state index is 13.7. The van der Waals surface area contributed by atoms with Gasteiger partial charge in [0.1, 0.15) is 55.2 Å². The first kappa shape index (κ1) is 47.9. The second-order valence-corrected chi connectivity index (χ2v) is 13.5. The van der Waals surface area contributed by atoms with Crippen molar-refractivity contribution in [1.29, 1.82) is 0 Å². The molecule has 1 aromatic rings. The smallest absolute Gasteiger partial charge is 0.245 e. The van der Waals surface area contributed by atoms with Crippen LogP contribution in [0, 0.1) is 5.92 Å². The number of rotatable bonds is 27. The Balaban J connectivity index is 2.03. The predicted octanol–water partition coefficient (Wildman–Crippen LogP) is -4.96. The number of H-pyrrole nitrogens is 1. The summed E-state index contributed by atoms with van der Waals surface area (Å²) in [6.07, 6.45) is -2.51. The molecule has 1 aliphatic heterocycles. The van der Waals surface area contributed by atoms with Crippen molar-refractivity contribution >= 4 is 35.8 Å². The fourth-order valence-corrected chi connectivity index (χ4v) is 5.55. The standard InChI is InChI=1S/C34H58N8O14/c1-20(2)13-22(40-34(53)25-5-4-8-42(25)28(47)6-9-55-12-11-54-3)32(51)39-23(14-21-15-35-19-37-21)33(52)41-24(17-43)31(50)36-7-10-56-38-16-26(45)29(48)30(49)27(46)18-44/h15-16,19-20,22-27,29-30,43-46,48-49H,4-14,17-18H2,1-3H3,(H,35,37)(H,36,50)(H,39,51)(H,40,53)(H,41,52)/b38-16+/t22-,23-,24-,25?,26?,27?,29?,30?/m0/s1. The summed E-state index contributed by atoms with van der Waals surface area (Å²) in [7, 11) is 1.54. The van der Waals surface area contributed by atoms with Crippen molar-refractivity contribution in [3.05, 3.63) is 18.2 Å². The molecule has 5 unspecified atom stereocenters. The third-order valence-corrected chi connectivity index (χ3v) is 8.60. The fraction of sp³-hybridized carbons (Fsp3) is 0.735. The number of oxime groups is 1. The Morgan fingerprint density at radius 1 is 0.946 bits per heavy atom. The maximum Gasteiger partial charge on any atom is 0.245 e. The first-order chi connectivity index (χ1) is 26.7. The molecule has 8 atom stereocenters. The topological polar surface area (TPSA) is 327 Å². The molecule has 1 aromatic heterocycles. The van der Waals surface area contributed by atoms with Crippen LogP contribution in [0.1, 0.15) is 45.2 Å². The number of nitrogens with one attached hydrogen (secondary N) is 5. The van der Waals surface area contributed by atoms with Gasteiger partial charge in [-0.15, -0.1) is 0 Å². The summed E-state index contributed by atoms with van der Waals surface area (Å²) in [4.78, 5) is 79.6. The Hall–Kier alpha value is -4.29. The van der Waals surface area contributed by atoms with E-state index in [1.165, 1.54) is 24.5 Å². The van der Waals surface area contributed by atoms with E-state index < -0.39 is 85.4 Å². The number of methoxy groups -OCH3 is 1. The van der Waals surface area contributed by atoms with Gasteiger partial charge in [0.05, 0.1) is 58.5 Å². The van der Waals surface area contributed by atoms with Gasteiger partial charge in [-0.2, -0.15) is 0 Å². The SMILES string of the molecule is COCCOCCC(=O)N1CCCC1C(=O)N[C@@H](CC(C)C)C(=O)N[C@@H](Cc1cnc[nH]1)C(=O)N[C@@H](CO)C(=O)NCCO/N=C/C(O)C(O)C(O)C(O)CO. The van der Waals surface area contributed by atoms with Gasteiger partial charge in [-0.05, 0) is 25.2 Å². The third-order valence-electron chi connectivity index (χ3n) is 8.60. The molecule has 1 saturated heterocycles. The number of hydrogen-bond donors (Lipinski definition) is 11. The molecule has 56 heavy (non-hydrogen) atoms. The van der Waals surface area contributed by atoms with Gasteiger partial charge in [-0.3, -0.25) is 24.0 Å². The molecule has 0 radical (unpaired) electrons. The quantitative estimate of drug-likeness (QED) is 0.0226. The average Bonchev–Trinajstić information content (AvgIpc) is 3.89. The number of imidazole rings is 1. The number of carbonyl (C=O) groups excluding carboxylic acids is 5. The Bertz CT molecular complexity index is 1370. The molecular weight excluding hydrogens is 744 g/mol. The number of aromatic amines is 1. The molecule has 5 amide bonds. The highest BCUT2D eigenvalue weighted by Crippen LogP contribution is 2.19. The molecule has 0 saturated carbocycles. The van der Waals surface area contributed by atoms with Gasteiger partial charge >= 0.3 is 0 Å². The summed E-state index contributed by atoms with van der Waals surface area (Å²) >= 11 is 0. The van der Waals surface area contributed by atoms with Gasteiger partial charge in [-0.1, -0.05) is 19.0 Å². The van der Waals surface area contributed by atoms with Gasteiger partial charge in [0.2, 0.25) is 29.5 Å². The van der Waals surface area contributed by atoms with Crippen LogP contribution in [0.15, 0.2) is 17.7 Å². The summed E-state index contributed by atoms with van der Waals surface area (Å²) in [5.41, 5.74) is 0.459. The zero-order valence-electron chi connectivity index (χ0n) is 31.9. The second kappa shape index (κ2) is 25.8. The van der Waals surface area contributed by atoms with Crippen LogP contribution in [0.4, 0.5) is 0 Å². The van der Waals surface area contributed by atoms with Crippen LogP contribution in [0.5, 0.6) is 0 Å². The Morgan fingerprint density at radius 2 is 1.66 bits per heavy atom. The van der Waals surface area contributed by atoms with Crippen LogP contribution in [0.3, 0.4) is 0 Å². The van der Waals surface area contributed by atoms with Crippen molar-refractivity contribution in [2.75, 3.05) is 59.8 Å². The molecule has 0 bridgehead atoms. The zero-order chi connectivity index (χ0) is 41.6. The van der Waals surface area contributed by atoms with E-state index in [1.54, 1.807) is 0 Å². The monoisotopic (exact) mass is 802 g/mol. The van der Waals surface area contributed by atoms with Gasteiger partial charge in [-0.25, -0.2) is 4.98 Å². The van der Waals surface area contributed by atoms with E-state index in [0.29, 0.717) is 38.3 Å². The number of aliphatic hydroxyl groups excluding tert-OH is 6. The number of likely N-dealkylation sites (tertiary alicyclic amines) is 1. The van der Waals surface area contributed by atoms with Crippen molar-refractivity contribution in [2.45, 2.75) is 94.5 Å². The van der Waals surface area contributed by atoms with Crippen LogP contribution in [0.2, 0.25) is 0 Å². The number of carbonyl (C=O) groups is 5. The molecule has 22 heteroatoms. The van der Waals surface area contributed by atoms with Crippen molar-refractivity contribution in [2.24, 2.45) is 11.1 Å². The number of amides is 5. The van der Waals surface area contributed by atoms with E-state index in [4.69, 9.17) is 19.4 Å². The highest BCUT2D eigenvalue weighted by atomic mass is 16.6. The summed E-state index contributed by atoms with van der Waals surface area (Å²) in [5.74, 6) is -3.17. The summed E-state index contributed by atoms with van der Waals surface area (Å²) < 4.78 is 10.3. The largest absolute Gasteiger partial charge is 0.394 e. The van der Waals surface area contributed by atoms with Crippen LogP contribution in [-0.2, 0) is 44.7 Å². The molecule has 318 valence electrons. The van der Waals surface area contributed by atoms with Crippen LogP contribution in [0.25, 0.3) is 0 Å². The molecule has 0 spiro atoms. The molecule has 1 fully saturated rings. The Kier molecular flexibility index (Phi) is 22.0. The van der Waals surface area contributed by atoms with Gasteiger partial charge in [0, 0.05) is 32.0 Å². The van der Waals surface area contributed by atoms with E-state index in [9.17, 15) is 49.5 Å². The van der Waals surface area contributed by atoms with Gasteiger partial charge in [0.25, 0.3) is 0 Å². The lowest BCUT2D eigenvalue weighted by Crippen LogP contribution is -2.59. The lowest BCUT2D eigenvalue weighted by molar-refractivity contribution is -0.140. The number of aromatic nitrogens is 2. The molecule has 22 nitrogen and oxygen atoms in total. The third kappa shape index (κ3) is 16.4. The lowest BCUT2D eigenvalue weighted by Gasteiger charge is -2.28. The minimum absolute atomic E-state index is 0.0657. The lowest BCUT2D eigenvalue weighted by atomic mass is 10.0. The normalized spacial score (nSPS) is 18.1. The number of hydrogen-bond acceptors (Lipinski definition) is 16. The first-order valence-electron chi connectivity index (χ1n) is 18.4. The second-order valence-electron chi connectivity index (χ2n) is 13.5. The van der Waals surface area contributed by atoms with Crippen molar-refractivity contribution < 1.29 is 68.9 Å². The minimum Gasteiger partial charge on any atom is -0.394 e. The van der Waals surface area contributed by atoms with E-state index in [0.717, 1.165) is 6.21 Å². The van der Waals surface area contributed by atoms with Gasteiger partial charge in [0.15, 0.2) is 0 Å². The zero-order valence-corrected chi connectivity index (χ0v) is 31.9. The molecule has 0 aromatic carbocycles. The number of ether oxygens (including phenoxy) is 2. The number of nitrogens with zero attached hydrogens (tertiary/aromatic N) is 3. The van der Waals surface area contributed by atoms with Crippen molar-refractivity contribution in [3.63, 3.8) is 0 Å². The summed E-state index contributed by atoms with van der Waals surface area (Å²) in [6, 6.07) is -4.64. The van der Waals surface area contributed by atoms with E-state index in [-0.39, 0.29) is 50.8 Å². The highest BCUT2D eigenvalue weighted by molar-refractivity contribution is 5.95. The van der Waals surface area contributed by atoms with Crippen LogP contribution >= 0.6 is 0 Å². The molecule has 0 aliphatic carbocycles. The molecule has 11 N–H and O–H groups in total. The van der Waals surface area contributed by atoms with Crippen LogP contribution in [-0.4, -0.2) is 190 Å². The van der Waals surface area contributed by atoms with Crippen LogP contribution < -0.4 is 21.3 Å². The van der Waals surface area contributed by atoms with Crippen molar-refractivity contribution in [3.8, 4) is 0 Å². The molecule has 1 aliphatic rings. The van der Waals surface area contributed by atoms with Gasteiger partial charge < -0.3 is 76.1 Å². The van der Waals surface area contributed by atoms with Crippen molar-refractivity contribution in [1.82, 2.24) is 36.1 Å². The molecule has 2 heterocycles. The van der Waals surface area contributed by atoms with E-state index in [2.05, 4.69) is 36.4 Å². The summed E-state index contributed by atoms with van der Waals surface area (Å²) in [5, 5.41) is 71.0. The van der Waals surface area contributed by atoms with E-state index in [1.807, 2.05) is 13.8 Å². The maximum absolute atomic E-state index is 13.7. The molecule has 2 rings (SSSR count). The Morgan fingerprint density at radius 3 is 2.30 bits per heavy atom. The highest BCUT2D eigenvalue weighted by Gasteiger charge is 2.37. The fourth-order valence-electron chi connectivity index (χ4n) is 5.55. The minimum atomic E-state index is -1.89. The average molecular weight is 803 g/mol. The summed E-state index contributed by atoms with van der Waals surface area (Å²) in [6.45, 7) is 2.82. The predicted molar refractivity (Wildman–Crippen MR) is 195 cm³/mol. The Labute approximate surface area is 324 Å². The molecular formula is C34H58N8O14. The number of aliphatic hydroxyl groups is 6.